The average molecular weight is 286 g/mol. The minimum atomic E-state index is 0.457. The van der Waals surface area contributed by atoms with Crippen molar-refractivity contribution in [1.82, 2.24) is 10.2 Å². The number of hydrogen-bond donors (Lipinski definition) is 1. The van der Waals surface area contributed by atoms with Crippen LogP contribution in [-0.2, 0) is 0 Å². The van der Waals surface area contributed by atoms with E-state index < -0.39 is 0 Å². The molecular weight excluding hydrogens is 256 g/mol. The molecule has 3 unspecified atom stereocenters. The molecule has 2 fully saturated rings. The third-order valence-electron chi connectivity index (χ3n) is 5.69. The van der Waals surface area contributed by atoms with E-state index in [0.717, 1.165) is 12.1 Å². The molecule has 2 saturated heterocycles. The van der Waals surface area contributed by atoms with Crippen molar-refractivity contribution < 1.29 is 0 Å². The van der Waals surface area contributed by atoms with Gasteiger partial charge in [-0.25, -0.2) is 0 Å². The van der Waals surface area contributed by atoms with Crippen LogP contribution in [0.2, 0.25) is 0 Å². The average Bonchev–Trinajstić information content (AvgIpc) is 2.69. The number of nitrogens with one attached hydrogen (secondary N) is 1. The predicted octanol–water partition coefficient (Wildman–Crippen LogP) is 4.09. The van der Waals surface area contributed by atoms with Crippen LogP contribution in [0.15, 0.2) is 24.3 Å². The van der Waals surface area contributed by atoms with Crippen LogP contribution in [0.3, 0.4) is 0 Å². The molecule has 0 aromatic heterocycles. The van der Waals surface area contributed by atoms with Gasteiger partial charge in [-0.15, -0.1) is 0 Å². The molecule has 3 rings (SSSR count). The van der Waals surface area contributed by atoms with Crippen LogP contribution in [0.25, 0.3) is 0 Å². The van der Waals surface area contributed by atoms with Crippen molar-refractivity contribution in [3.05, 3.63) is 35.4 Å². The number of nitrogens with zero attached hydrogens (tertiary/aromatic N) is 1. The van der Waals surface area contributed by atoms with E-state index in [2.05, 4.69) is 62.3 Å². The van der Waals surface area contributed by atoms with E-state index in [9.17, 15) is 0 Å². The van der Waals surface area contributed by atoms with Crippen molar-refractivity contribution in [3.8, 4) is 0 Å². The summed E-state index contributed by atoms with van der Waals surface area (Å²) in [6.45, 7) is 6.82. The smallest absolute Gasteiger partial charge is 0.0294 e. The second-order valence-electron chi connectivity index (χ2n) is 7.43. The van der Waals surface area contributed by atoms with Gasteiger partial charge < -0.3 is 10.2 Å². The van der Waals surface area contributed by atoms with Gasteiger partial charge >= 0.3 is 0 Å². The molecule has 3 atom stereocenters. The first-order valence-electron chi connectivity index (χ1n) is 8.62. The molecule has 0 saturated carbocycles. The van der Waals surface area contributed by atoms with E-state index in [0.29, 0.717) is 18.0 Å². The molecular formula is C19H30N2. The summed E-state index contributed by atoms with van der Waals surface area (Å²) in [6, 6.07) is 12.0. The molecule has 1 aromatic rings. The van der Waals surface area contributed by atoms with E-state index >= 15 is 0 Å². The van der Waals surface area contributed by atoms with Crippen molar-refractivity contribution in [3.63, 3.8) is 0 Å². The van der Waals surface area contributed by atoms with Crippen LogP contribution >= 0.6 is 0 Å². The highest BCUT2D eigenvalue weighted by Crippen LogP contribution is 2.35. The van der Waals surface area contributed by atoms with Gasteiger partial charge in [0, 0.05) is 24.2 Å². The summed E-state index contributed by atoms with van der Waals surface area (Å²) in [4.78, 5) is 2.61. The number of rotatable bonds is 4. The molecule has 2 aliphatic heterocycles. The van der Waals surface area contributed by atoms with E-state index in [4.69, 9.17) is 0 Å². The van der Waals surface area contributed by atoms with Gasteiger partial charge in [0.05, 0.1) is 0 Å². The number of fused-ring (bicyclic) bond motifs is 2. The second-order valence-corrected chi connectivity index (χ2v) is 7.43. The highest BCUT2D eigenvalue weighted by Gasteiger charge is 2.38. The molecule has 2 nitrogen and oxygen atoms in total. The van der Waals surface area contributed by atoms with E-state index in [1.54, 1.807) is 0 Å². The fraction of sp³-hybridized carbons (Fsp3) is 0.684. The number of hydrogen-bond acceptors (Lipinski definition) is 2. The summed E-state index contributed by atoms with van der Waals surface area (Å²) in [5.41, 5.74) is 2.86. The Morgan fingerprint density at radius 1 is 0.952 bits per heavy atom. The van der Waals surface area contributed by atoms with Gasteiger partial charge in [0.1, 0.15) is 0 Å². The Kier molecular flexibility index (Phi) is 4.37. The Morgan fingerprint density at radius 2 is 1.48 bits per heavy atom. The quantitative estimate of drug-likeness (QED) is 0.897. The summed E-state index contributed by atoms with van der Waals surface area (Å²) in [5.74, 6) is 0.617. The molecule has 0 spiro atoms. The molecule has 1 aromatic carbocycles. The molecule has 0 amide bonds. The zero-order valence-corrected chi connectivity index (χ0v) is 14.0. The lowest BCUT2D eigenvalue weighted by Crippen LogP contribution is -2.47. The predicted molar refractivity (Wildman–Crippen MR) is 89.7 cm³/mol. The minimum Gasteiger partial charge on any atom is -0.307 e. The summed E-state index contributed by atoms with van der Waals surface area (Å²) in [6.07, 6.45) is 5.44. The Labute approximate surface area is 129 Å². The SMILES string of the molecule is CC(C)c1ccc(C(C)NC2CC3CCC(C2)N3C)cc1. The number of piperidine rings is 1. The van der Waals surface area contributed by atoms with E-state index in [-0.39, 0.29) is 0 Å². The third kappa shape index (κ3) is 3.17. The minimum absolute atomic E-state index is 0.457. The van der Waals surface area contributed by atoms with Crippen LogP contribution in [0.4, 0.5) is 0 Å². The molecule has 1 N–H and O–H groups in total. The monoisotopic (exact) mass is 286 g/mol. The highest BCUT2D eigenvalue weighted by molar-refractivity contribution is 5.26. The zero-order valence-electron chi connectivity index (χ0n) is 14.0. The van der Waals surface area contributed by atoms with Crippen molar-refractivity contribution in [2.75, 3.05) is 7.05 Å². The van der Waals surface area contributed by atoms with Gasteiger partial charge in [-0.3, -0.25) is 0 Å². The molecule has 0 aliphatic carbocycles. The van der Waals surface area contributed by atoms with Crippen LogP contribution in [-0.4, -0.2) is 30.1 Å². The van der Waals surface area contributed by atoms with Gasteiger partial charge in [0.25, 0.3) is 0 Å². The van der Waals surface area contributed by atoms with Crippen molar-refractivity contribution in [2.45, 2.75) is 76.5 Å². The van der Waals surface area contributed by atoms with Crippen LogP contribution in [0, 0.1) is 0 Å². The molecule has 2 heteroatoms. The van der Waals surface area contributed by atoms with Gasteiger partial charge in [0.15, 0.2) is 0 Å². The second kappa shape index (κ2) is 6.10. The largest absolute Gasteiger partial charge is 0.307 e. The van der Waals surface area contributed by atoms with Crippen molar-refractivity contribution in [2.24, 2.45) is 0 Å². The summed E-state index contributed by atoms with van der Waals surface area (Å²) in [7, 11) is 2.31. The first kappa shape index (κ1) is 15.1. The molecule has 21 heavy (non-hydrogen) atoms. The van der Waals surface area contributed by atoms with Gasteiger partial charge in [-0.05, 0) is 56.7 Å². The summed E-state index contributed by atoms with van der Waals surface area (Å²) >= 11 is 0. The maximum Gasteiger partial charge on any atom is 0.0294 e. The highest BCUT2D eigenvalue weighted by atomic mass is 15.2. The first-order valence-corrected chi connectivity index (χ1v) is 8.62. The van der Waals surface area contributed by atoms with Gasteiger partial charge in [0.2, 0.25) is 0 Å². The lowest BCUT2D eigenvalue weighted by Gasteiger charge is -2.38. The molecule has 116 valence electrons. The van der Waals surface area contributed by atoms with Crippen molar-refractivity contribution >= 4 is 0 Å². The maximum atomic E-state index is 3.88. The molecule has 2 aliphatic rings. The lowest BCUT2D eigenvalue weighted by molar-refractivity contribution is 0.144. The Morgan fingerprint density at radius 3 is 2.00 bits per heavy atom. The van der Waals surface area contributed by atoms with Gasteiger partial charge in [-0.1, -0.05) is 38.1 Å². The Bertz CT molecular complexity index is 451. The molecule has 0 radical (unpaired) electrons. The molecule has 2 bridgehead atoms. The first-order chi connectivity index (χ1) is 10.0. The zero-order chi connectivity index (χ0) is 15.0. The van der Waals surface area contributed by atoms with Gasteiger partial charge in [-0.2, -0.15) is 0 Å². The number of benzene rings is 1. The van der Waals surface area contributed by atoms with E-state index in [1.165, 1.54) is 36.8 Å². The third-order valence-corrected chi connectivity index (χ3v) is 5.69. The van der Waals surface area contributed by atoms with E-state index in [1.807, 2.05) is 0 Å². The topological polar surface area (TPSA) is 15.3 Å². The fourth-order valence-corrected chi connectivity index (χ4v) is 4.17. The summed E-state index contributed by atoms with van der Waals surface area (Å²) < 4.78 is 0. The van der Waals surface area contributed by atoms with Crippen LogP contribution in [0.5, 0.6) is 0 Å². The van der Waals surface area contributed by atoms with Crippen LogP contribution < -0.4 is 5.32 Å². The standard InChI is InChI=1S/C19H30N2/c1-13(2)15-5-7-16(8-6-15)14(3)20-17-11-18-9-10-19(12-17)21(18)4/h5-8,13-14,17-20H,9-12H2,1-4H3. The fourth-order valence-electron chi connectivity index (χ4n) is 4.17. The Balaban J connectivity index is 1.60. The lowest BCUT2D eigenvalue weighted by atomic mass is 9.95. The van der Waals surface area contributed by atoms with Crippen LogP contribution in [0.1, 0.15) is 69.5 Å². The molecule has 2 heterocycles. The van der Waals surface area contributed by atoms with Crippen molar-refractivity contribution in [1.29, 1.82) is 0 Å². The Hall–Kier alpha value is -0.860. The maximum absolute atomic E-state index is 3.88. The summed E-state index contributed by atoms with van der Waals surface area (Å²) in [5, 5.41) is 3.88. The normalized spacial score (nSPS) is 30.8.